The van der Waals surface area contributed by atoms with Gasteiger partial charge in [0.15, 0.2) is 0 Å². The Morgan fingerprint density at radius 1 is 1.20 bits per heavy atom. The van der Waals surface area contributed by atoms with Gasteiger partial charge in [0.2, 0.25) is 0 Å². The van der Waals surface area contributed by atoms with Crippen LogP contribution in [0.4, 0.5) is 4.39 Å². The Hall–Kier alpha value is -2.12. The van der Waals surface area contributed by atoms with E-state index < -0.39 is 0 Å². The lowest BCUT2D eigenvalue weighted by Gasteiger charge is -2.07. The molecule has 2 aromatic carbocycles. The lowest BCUT2D eigenvalue weighted by molar-refractivity contribution is 0.601. The maximum Gasteiger partial charge on any atom is 0.129 e. The van der Waals surface area contributed by atoms with Crippen LogP contribution in [0.3, 0.4) is 0 Å². The summed E-state index contributed by atoms with van der Waals surface area (Å²) in [5, 5.41) is 9.85. The van der Waals surface area contributed by atoms with Crippen LogP contribution in [-0.2, 0) is 6.54 Å². The summed E-state index contributed by atoms with van der Waals surface area (Å²) >= 11 is 3.51. The zero-order valence-electron chi connectivity index (χ0n) is 10.5. The van der Waals surface area contributed by atoms with E-state index in [4.69, 9.17) is 5.26 Å². The third-order valence-corrected chi connectivity index (χ3v) is 3.97. The molecule has 0 saturated carbocycles. The van der Waals surface area contributed by atoms with Crippen molar-refractivity contribution in [1.29, 1.82) is 5.26 Å². The number of fused-ring (bicyclic) bond motifs is 1. The molecule has 0 aliphatic heterocycles. The maximum atomic E-state index is 13.9. The zero-order valence-corrected chi connectivity index (χ0v) is 12.1. The first-order valence-corrected chi connectivity index (χ1v) is 6.90. The third kappa shape index (κ3) is 2.21. The molecule has 0 N–H and O–H groups in total. The summed E-state index contributed by atoms with van der Waals surface area (Å²) in [6.07, 6.45) is 1.94. The first kappa shape index (κ1) is 12.9. The standard InChI is InChI=1S/C16H10BrFN2/c17-14-2-1-3-16-13(14)6-7-20(16)10-12-5-4-11(9-19)8-15(12)18/h1-8H,10H2. The highest BCUT2D eigenvalue weighted by Gasteiger charge is 2.08. The highest BCUT2D eigenvalue weighted by molar-refractivity contribution is 9.10. The van der Waals surface area contributed by atoms with Crippen molar-refractivity contribution in [1.82, 2.24) is 4.57 Å². The van der Waals surface area contributed by atoms with Gasteiger partial charge in [0.25, 0.3) is 0 Å². The van der Waals surface area contributed by atoms with Crippen molar-refractivity contribution in [2.75, 3.05) is 0 Å². The van der Waals surface area contributed by atoms with Crippen LogP contribution in [0.25, 0.3) is 10.9 Å². The van der Waals surface area contributed by atoms with Gasteiger partial charge in [-0.15, -0.1) is 0 Å². The smallest absolute Gasteiger partial charge is 0.129 e. The van der Waals surface area contributed by atoms with Gasteiger partial charge in [-0.2, -0.15) is 5.26 Å². The number of rotatable bonds is 2. The Morgan fingerprint density at radius 2 is 2.05 bits per heavy atom. The monoisotopic (exact) mass is 328 g/mol. The fourth-order valence-electron chi connectivity index (χ4n) is 2.25. The molecule has 0 fully saturated rings. The van der Waals surface area contributed by atoms with Gasteiger partial charge in [-0.25, -0.2) is 4.39 Å². The first-order valence-electron chi connectivity index (χ1n) is 6.11. The highest BCUT2D eigenvalue weighted by Crippen LogP contribution is 2.25. The number of aromatic nitrogens is 1. The van der Waals surface area contributed by atoms with E-state index in [1.807, 2.05) is 41.1 Å². The van der Waals surface area contributed by atoms with Crippen molar-refractivity contribution in [3.8, 4) is 6.07 Å². The van der Waals surface area contributed by atoms with Gasteiger partial charge in [-0.05, 0) is 30.3 Å². The van der Waals surface area contributed by atoms with Crippen LogP contribution < -0.4 is 0 Å². The molecule has 0 atom stereocenters. The summed E-state index contributed by atoms with van der Waals surface area (Å²) in [5.41, 5.74) is 1.95. The fraction of sp³-hybridized carbons (Fsp3) is 0.0625. The highest BCUT2D eigenvalue weighted by atomic mass is 79.9. The van der Waals surface area contributed by atoms with Crippen LogP contribution in [0.15, 0.2) is 53.1 Å². The van der Waals surface area contributed by atoms with Gasteiger partial charge in [0.1, 0.15) is 5.82 Å². The largest absolute Gasteiger partial charge is 0.343 e. The van der Waals surface area contributed by atoms with E-state index in [1.54, 1.807) is 12.1 Å². The number of nitriles is 1. The number of halogens is 2. The molecule has 2 nitrogen and oxygen atoms in total. The second-order valence-corrected chi connectivity index (χ2v) is 5.39. The summed E-state index contributed by atoms with van der Waals surface area (Å²) in [5.74, 6) is -0.346. The molecule has 0 radical (unpaired) electrons. The molecule has 1 aromatic heterocycles. The Kier molecular flexibility index (Phi) is 3.29. The average molecular weight is 329 g/mol. The minimum Gasteiger partial charge on any atom is -0.343 e. The normalized spacial score (nSPS) is 10.7. The molecule has 0 bridgehead atoms. The summed E-state index contributed by atoms with van der Waals surface area (Å²) in [7, 11) is 0. The SMILES string of the molecule is N#Cc1ccc(Cn2ccc3c(Br)cccc32)c(F)c1. The fourth-order valence-corrected chi connectivity index (χ4v) is 2.74. The third-order valence-electron chi connectivity index (χ3n) is 3.28. The Bertz CT molecular complexity index is 830. The van der Waals surface area contributed by atoms with Gasteiger partial charge >= 0.3 is 0 Å². The van der Waals surface area contributed by atoms with Crippen molar-refractivity contribution in [3.63, 3.8) is 0 Å². The van der Waals surface area contributed by atoms with Crippen molar-refractivity contribution < 1.29 is 4.39 Å². The van der Waals surface area contributed by atoms with E-state index in [1.165, 1.54) is 6.07 Å². The van der Waals surface area contributed by atoms with Crippen molar-refractivity contribution >= 4 is 26.8 Å². The van der Waals surface area contributed by atoms with E-state index in [0.717, 1.165) is 15.4 Å². The molecule has 1 heterocycles. The molecule has 20 heavy (non-hydrogen) atoms. The molecule has 0 aliphatic carbocycles. The lowest BCUT2D eigenvalue weighted by Crippen LogP contribution is -2.00. The van der Waals surface area contributed by atoms with E-state index >= 15 is 0 Å². The number of hydrogen-bond acceptors (Lipinski definition) is 1. The first-order chi connectivity index (χ1) is 9.69. The molecule has 4 heteroatoms. The molecule has 0 saturated heterocycles. The molecule has 3 aromatic rings. The Balaban J connectivity index is 2.02. The number of hydrogen-bond donors (Lipinski definition) is 0. The number of nitrogens with zero attached hydrogens (tertiary/aromatic N) is 2. The average Bonchev–Trinajstić information content (AvgIpc) is 2.86. The predicted molar refractivity (Wildman–Crippen MR) is 79.9 cm³/mol. The van der Waals surface area contributed by atoms with Gasteiger partial charge in [0.05, 0.1) is 18.2 Å². The van der Waals surface area contributed by atoms with Gasteiger partial charge in [-0.3, -0.25) is 0 Å². The summed E-state index contributed by atoms with van der Waals surface area (Å²) in [6.45, 7) is 0.442. The predicted octanol–water partition coefficient (Wildman–Crippen LogP) is 4.46. The Labute approximate surface area is 124 Å². The van der Waals surface area contributed by atoms with Crippen LogP contribution in [-0.4, -0.2) is 4.57 Å². The van der Waals surface area contributed by atoms with Crippen molar-refractivity contribution in [2.45, 2.75) is 6.54 Å². The zero-order chi connectivity index (χ0) is 14.1. The second-order valence-electron chi connectivity index (χ2n) is 4.53. The van der Waals surface area contributed by atoms with Crippen molar-refractivity contribution in [3.05, 3.63) is 70.1 Å². The summed E-state index contributed by atoms with van der Waals surface area (Å²) in [6, 6.07) is 14.5. The van der Waals surface area contributed by atoms with Crippen LogP contribution in [0.1, 0.15) is 11.1 Å². The molecule has 3 rings (SSSR count). The molecular formula is C16H10BrFN2. The molecule has 0 unspecified atom stereocenters. The lowest BCUT2D eigenvalue weighted by atomic mass is 10.1. The quantitative estimate of drug-likeness (QED) is 0.682. The van der Waals surface area contributed by atoms with E-state index in [9.17, 15) is 4.39 Å². The van der Waals surface area contributed by atoms with E-state index in [2.05, 4.69) is 15.9 Å². The minimum absolute atomic E-state index is 0.339. The molecule has 0 spiro atoms. The summed E-state index contributed by atoms with van der Waals surface area (Å²) in [4.78, 5) is 0. The molecule has 98 valence electrons. The van der Waals surface area contributed by atoms with Crippen LogP contribution in [0, 0.1) is 17.1 Å². The second kappa shape index (κ2) is 5.10. The molecular weight excluding hydrogens is 319 g/mol. The summed E-state index contributed by atoms with van der Waals surface area (Å²) < 4.78 is 16.9. The topological polar surface area (TPSA) is 28.7 Å². The van der Waals surface area contributed by atoms with E-state index in [-0.39, 0.29) is 5.82 Å². The van der Waals surface area contributed by atoms with Gasteiger partial charge in [0, 0.05) is 27.1 Å². The maximum absolute atomic E-state index is 13.9. The van der Waals surface area contributed by atoms with Crippen LogP contribution in [0.5, 0.6) is 0 Å². The molecule has 0 amide bonds. The van der Waals surface area contributed by atoms with Crippen LogP contribution in [0.2, 0.25) is 0 Å². The van der Waals surface area contributed by atoms with Gasteiger partial charge < -0.3 is 4.57 Å². The van der Waals surface area contributed by atoms with Gasteiger partial charge in [-0.1, -0.05) is 28.1 Å². The van der Waals surface area contributed by atoms with Crippen molar-refractivity contribution in [2.24, 2.45) is 0 Å². The molecule has 0 aliphatic rings. The minimum atomic E-state index is -0.346. The number of benzene rings is 2. The van der Waals surface area contributed by atoms with Crippen LogP contribution >= 0.6 is 15.9 Å². The Morgan fingerprint density at radius 3 is 2.80 bits per heavy atom. The van der Waals surface area contributed by atoms with E-state index in [0.29, 0.717) is 17.7 Å².